The summed E-state index contributed by atoms with van der Waals surface area (Å²) in [6.07, 6.45) is 4.19. The summed E-state index contributed by atoms with van der Waals surface area (Å²) in [5, 5.41) is 0. The molecule has 0 amide bonds. The first-order chi connectivity index (χ1) is 12.6. The molecule has 0 N–H and O–H groups in total. The van der Waals surface area contributed by atoms with Crippen LogP contribution >= 0.6 is 0 Å². The molecule has 1 saturated carbocycles. The standard InChI is InChI=1S/C20H27F3O3/c1-13-3-5-14(6-4-13)16-11-25-20(26-12-16)15-9-17(22)19(18(23)10-15)24-8-2-7-21/h9-10,13-14,16,20H,2-8,11-12H2,1H3. The molecule has 26 heavy (non-hydrogen) atoms. The van der Waals surface area contributed by atoms with Crippen LogP contribution in [0.25, 0.3) is 0 Å². The lowest BCUT2D eigenvalue weighted by Crippen LogP contribution is -2.34. The molecule has 1 saturated heterocycles. The van der Waals surface area contributed by atoms with Crippen LogP contribution in [0.1, 0.15) is 50.9 Å². The summed E-state index contributed by atoms with van der Waals surface area (Å²) >= 11 is 0. The topological polar surface area (TPSA) is 27.7 Å². The molecule has 0 spiro atoms. The molecule has 1 aliphatic heterocycles. The van der Waals surface area contributed by atoms with Crippen molar-refractivity contribution in [3.63, 3.8) is 0 Å². The van der Waals surface area contributed by atoms with Crippen LogP contribution in [0.15, 0.2) is 12.1 Å². The van der Waals surface area contributed by atoms with Crippen LogP contribution in [0.3, 0.4) is 0 Å². The summed E-state index contributed by atoms with van der Waals surface area (Å²) < 4.78 is 56.8. The third kappa shape index (κ3) is 4.71. The smallest absolute Gasteiger partial charge is 0.190 e. The quantitative estimate of drug-likeness (QED) is 0.643. The van der Waals surface area contributed by atoms with Crippen molar-refractivity contribution in [1.82, 2.24) is 0 Å². The highest BCUT2D eigenvalue weighted by Gasteiger charge is 2.32. The number of rotatable bonds is 6. The first kappa shape index (κ1) is 19.5. The average molecular weight is 372 g/mol. The second kappa shape index (κ2) is 9.09. The van der Waals surface area contributed by atoms with E-state index in [1.165, 1.54) is 37.8 Å². The largest absolute Gasteiger partial charge is 0.488 e. The second-order valence-electron chi connectivity index (χ2n) is 7.48. The van der Waals surface area contributed by atoms with Crippen LogP contribution in [-0.2, 0) is 9.47 Å². The molecule has 0 atom stereocenters. The summed E-state index contributed by atoms with van der Waals surface area (Å²) in [5.74, 6) is -0.388. The van der Waals surface area contributed by atoms with Crippen molar-refractivity contribution in [1.29, 1.82) is 0 Å². The van der Waals surface area contributed by atoms with Crippen LogP contribution in [0, 0.1) is 29.4 Å². The predicted molar refractivity (Wildman–Crippen MR) is 91.7 cm³/mol. The number of hydrogen-bond acceptors (Lipinski definition) is 3. The van der Waals surface area contributed by atoms with Crippen molar-refractivity contribution < 1.29 is 27.4 Å². The summed E-state index contributed by atoms with van der Waals surface area (Å²) in [6.45, 7) is 2.71. The van der Waals surface area contributed by atoms with Gasteiger partial charge in [0.2, 0.25) is 0 Å². The van der Waals surface area contributed by atoms with E-state index < -0.39 is 30.3 Å². The third-order valence-corrected chi connectivity index (χ3v) is 5.47. The maximum absolute atomic E-state index is 14.1. The Balaban J connectivity index is 1.57. The minimum atomic E-state index is -0.825. The van der Waals surface area contributed by atoms with E-state index in [0.29, 0.717) is 30.6 Å². The van der Waals surface area contributed by atoms with Crippen LogP contribution in [0.4, 0.5) is 13.2 Å². The molecular weight excluding hydrogens is 345 g/mol. The highest BCUT2D eigenvalue weighted by Crippen LogP contribution is 2.37. The Kier molecular flexibility index (Phi) is 6.81. The minimum Gasteiger partial charge on any atom is -0.488 e. The molecule has 1 aromatic rings. The van der Waals surface area contributed by atoms with Gasteiger partial charge in [0.05, 0.1) is 26.5 Å². The van der Waals surface area contributed by atoms with Gasteiger partial charge in [-0.1, -0.05) is 19.8 Å². The van der Waals surface area contributed by atoms with Gasteiger partial charge < -0.3 is 14.2 Å². The predicted octanol–water partition coefficient (Wildman–Crippen LogP) is 5.19. The number of benzene rings is 1. The van der Waals surface area contributed by atoms with Gasteiger partial charge in [-0.3, -0.25) is 4.39 Å². The Labute approximate surface area is 152 Å². The fourth-order valence-electron chi connectivity index (χ4n) is 3.82. The van der Waals surface area contributed by atoms with Crippen molar-refractivity contribution in [2.45, 2.75) is 45.3 Å². The molecule has 3 rings (SSSR count). The van der Waals surface area contributed by atoms with Crippen LogP contribution < -0.4 is 4.74 Å². The number of halogens is 3. The molecule has 2 aliphatic rings. The lowest BCUT2D eigenvalue weighted by Gasteiger charge is -2.37. The Bertz CT molecular complexity index is 557. The maximum Gasteiger partial charge on any atom is 0.190 e. The maximum atomic E-state index is 14.1. The number of ether oxygens (including phenoxy) is 3. The Hall–Kier alpha value is -1.27. The summed E-state index contributed by atoms with van der Waals surface area (Å²) in [5.41, 5.74) is 0.300. The SMILES string of the molecule is CC1CCC(C2COC(c3cc(F)c(OCCCF)c(F)c3)OC2)CC1. The summed E-state index contributed by atoms with van der Waals surface area (Å²) in [6, 6.07) is 2.34. The molecule has 3 nitrogen and oxygen atoms in total. The molecule has 146 valence electrons. The molecule has 2 fully saturated rings. The van der Waals surface area contributed by atoms with E-state index in [2.05, 4.69) is 6.92 Å². The van der Waals surface area contributed by atoms with Crippen molar-refractivity contribution in [3.05, 3.63) is 29.3 Å². The molecule has 0 unspecified atom stereocenters. The highest BCUT2D eigenvalue weighted by atomic mass is 19.1. The summed E-state index contributed by atoms with van der Waals surface area (Å²) in [7, 11) is 0. The average Bonchev–Trinajstić information content (AvgIpc) is 2.65. The van der Waals surface area contributed by atoms with E-state index in [4.69, 9.17) is 14.2 Å². The van der Waals surface area contributed by atoms with Gasteiger partial charge in [-0.15, -0.1) is 0 Å². The van der Waals surface area contributed by atoms with Gasteiger partial charge in [0.25, 0.3) is 0 Å². The van der Waals surface area contributed by atoms with Gasteiger partial charge in [0, 0.05) is 17.9 Å². The van der Waals surface area contributed by atoms with Gasteiger partial charge in [-0.2, -0.15) is 0 Å². The van der Waals surface area contributed by atoms with Crippen LogP contribution in [-0.4, -0.2) is 26.5 Å². The zero-order valence-electron chi connectivity index (χ0n) is 15.2. The molecule has 1 aliphatic carbocycles. The first-order valence-corrected chi connectivity index (χ1v) is 9.49. The normalized spacial score (nSPS) is 29.5. The van der Waals surface area contributed by atoms with E-state index in [9.17, 15) is 13.2 Å². The third-order valence-electron chi connectivity index (χ3n) is 5.47. The monoisotopic (exact) mass is 372 g/mol. The minimum absolute atomic E-state index is 0.0677. The van der Waals surface area contributed by atoms with E-state index in [-0.39, 0.29) is 13.0 Å². The fourth-order valence-corrected chi connectivity index (χ4v) is 3.82. The molecule has 0 aromatic heterocycles. The zero-order valence-corrected chi connectivity index (χ0v) is 15.2. The molecule has 0 bridgehead atoms. The Morgan fingerprint density at radius 3 is 2.19 bits per heavy atom. The van der Waals surface area contributed by atoms with Crippen molar-refractivity contribution >= 4 is 0 Å². The molecule has 1 heterocycles. The Morgan fingerprint density at radius 2 is 1.62 bits per heavy atom. The van der Waals surface area contributed by atoms with Crippen molar-refractivity contribution in [2.75, 3.05) is 26.5 Å². The zero-order chi connectivity index (χ0) is 18.5. The Morgan fingerprint density at radius 1 is 1.00 bits per heavy atom. The van der Waals surface area contributed by atoms with Gasteiger partial charge in [0.15, 0.2) is 23.7 Å². The van der Waals surface area contributed by atoms with Crippen molar-refractivity contribution in [3.8, 4) is 5.75 Å². The van der Waals surface area contributed by atoms with Gasteiger partial charge in [0.1, 0.15) is 0 Å². The lowest BCUT2D eigenvalue weighted by atomic mass is 9.76. The van der Waals surface area contributed by atoms with E-state index in [0.717, 1.165) is 5.92 Å². The molecular formula is C20H27F3O3. The molecule has 0 radical (unpaired) electrons. The summed E-state index contributed by atoms with van der Waals surface area (Å²) in [4.78, 5) is 0. The van der Waals surface area contributed by atoms with Crippen LogP contribution in [0.5, 0.6) is 5.75 Å². The number of alkyl halides is 1. The fraction of sp³-hybridized carbons (Fsp3) is 0.700. The first-order valence-electron chi connectivity index (χ1n) is 9.49. The molecule has 6 heteroatoms. The lowest BCUT2D eigenvalue weighted by molar-refractivity contribution is -0.214. The van der Waals surface area contributed by atoms with E-state index in [1.54, 1.807) is 0 Å². The second-order valence-corrected chi connectivity index (χ2v) is 7.48. The highest BCUT2D eigenvalue weighted by molar-refractivity contribution is 5.32. The van der Waals surface area contributed by atoms with Gasteiger partial charge in [-0.05, 0) is 36.8 Å². The van der Waals surface area contributed by atoms with E-state index >= 15 is 0 Å². The van der Waals surface area contributed by atoms with Crippen molar-refractivity contribution in [2.24, 2.45) is 17.8 Å². The number of hydrogen-bond donors (Lipinski definition) is 0. The van der Waals surface area contributed by atoms with Gasteiger partial charge in [-0.25, -0.2) is 8.78 Å². The van der Waals surface area contributed by atoms with E-state index in [1.807, 2.05) is 0 Å². The van der Waals surface area contributed by atoms with Crippen LogP contribution in [0.2, 0.25) is 0 Å². The van der Waals surface area contributed by atoms with Gasteiger partial charge >= 0.3 is 0 Å². The molecule has 1 aromatic carbocycles.